The van der Waals surface area contributed by atoms with Gasteiger partial charge in [-0.05, 0) is 43.0 Å². The third-order valence-electron chi connectivity index (χ3n) is 4.35. The largest absolute Gasteiger partial charge is 0.369 e. The number of aromatic nitrogens is 1. The Balaban J connectivity index is 1.61. The molecule has 1 atom stereocenters. The Morgan fingerprint density at radius 1 is 1.21 bits per heavy atom. The molecule has 1 aromatic heterocycles. The number of anilines is 1. The maximum Gasteiger partial charge on any atom is 0.0703 e. The minimum Gasteiger partial charge on any atom is -0.369 e. The summed E-state index contributed by atoms with van der Waals surface area (Å²) in [5, 5.41) is 4.90. The van der Waals surface area contributed by atoms with E-state index in [1.165, 1.54) is 23.9 Å². The van der Waals surface area contributed by atoms with Crippen molar-refractivity contribution in [3.8, 4) is 0 Å². The van der Waals surface area contributed by atoms with Gasteiger partial charge in [0, 0.05) is 42.9 Å². The molecule has 4 rings (SSSR count). The Labute approximate surface area is 113 Å². The fourth-order valence-corrected chi connectivity index (χ4v) is 3.09. The van der Waals surface area contributed by atoms with E-state index in [1.807, 2.05) is 12.3 Å². The Morgan fingerprint density at radius 2 is 2.16 bits per heavy atom. The van der Waals surface area contributed by atoms with Crippen molar-refractivity contribution in [1.82, 2.24) is 10.3 Å². The average molecular weight is 253 g/mol. The fourth-order valence-electron chi connectivity index (χ4n) is 3.09. The maximum atomic E-state index is 4.39. The minimum atomic E-state index is 0.693. The molecule has 0 radical (unpaired) electrons. The van der Waals surface area contributed by atoms with Gasteiger partial charge in [0.25, 0.3) is 0 Å². The number of hydrogen-bond acceptors (Lipinski definition) is 3. The van der Waals surface area contributed by atoms with Crippen LogP contribution in [0, 0.1) is 5.92 Å². The van der Waals surface area contributed by atoms with Gasteiger partial charge in [0.15, 0.2) is 0 Å². The van der Waals surface area contributed by atoms with Crippen molar-refractivity contribution in [2.24, 2.45) is 5.92 Å². The molecule has 2 aromatic rings. The number of pyridine rings is 1. The molecule has 0 bridgehead atoms. The summed E-state index contributed by atoms with van der Waals surface area (Å²) in [6.07, 6.45) is 4.68. The summed E-state index contributed by atoms with van der Waals surface area (Å²) in [5.74, 6) is 0.921. The fraction of sp³-hybridized carbons (Fsp3) is 0.438. The zero-order chi connectivity index (χ0) is 12.7. The summed E-state index contributed by atoms with van der Waals surface area (Å²) in [4.78, 5) is 6.91. The molecule has 1 aromatic carbocycles. The summed E-state index contributed by atoms with van der Waals surface area (Å²) in [5.41, 5.74) is 2.42. The van der Waals surface area contributed by atoms with Crippen LogP contribution < -0.4 is 10.2 Å². The number of nitrogens with one attached hydrogen (secondary N) is 1. The van der Waals surface area contributed by atoms with Crippen LogP contribution in [0.25, 0.3) is 10.9 Å². The molecular formula is C16H19N3. The number of nitrogens with zero attached hydrogens (tertiary/aromatic N) is 2. The van der Waals surface area contributed by atoms with Crippen LogP contribution in [0.15, 0.2) is 36.5 Å². The first-order valence-corrected chi connectivity index (χ1v) is 7.23. The zero-order valence-corrected chi connectivity index (χ0v) is 11.0. The molecule has 1 unspecified atom stereocenters. The van der Waals surface area contributed by atoms with Crippen LogP contribution in [-0.4, -0.2) is 30.7 Å². The van der Waals surface area contributed by atoms with Crippen LogP contribution in [0.2, 0.25) is 0 Å². The summed E-state index contributed by atoms with van der Waals surface area (Å²) >= 11 is 0. The number of hydrogen-bond donors (Lipinski definition) is 1. The highest BCUT2D eigenvalue weighted by molar-refractivity contribution is 5.82. The first kappa shape index (κ1) is 11.2. The second kappa shape index (κ2) is 4.49. The number of piperazine rings is 1. The molecule has 1 saturated heterocycles. The van der Waals surface area contributed by atoms with Gasteiger partial charge in [-0.1, -0.05) is 6.07 Å². The van der Waals surface area contributed by atoms with E-state index in [0.29, 0.717) is 6.04 Å². The molecule has 0 spiro atoms. The van der Waals surface area contributed by atoms with E-state index < -0.39 is 0 Å². The zero-order valence-electron chi connectivity index (χ0n) is 11.0. The molecule has 19 heavy (non-hydrogen) atoms. The maximum absolute atomic E-state index is 4.39. The Morgan fingerprint density at radius 3 is 3.05 bits per heavy atom. The van der Waals surface area contributed by atoms with Crippen LogP contribution in [0.4, 0.5) is 5.69 Å². The quantitative estimate of drug-likeness (QED) is 0.891. The standard InChI is InChI=1S/C16H19N3/c1-2-13-10-14(5-6-15(13)17-7-1)19-9-8-18-16(11-19)12-3-4-12/h1-2,5-7,10,12,16,18H,3-4,8-9,11H2. The van der Waals surface area contributed by atoms with Gasteiger partial charge in [0.1, 0.15) is 0 Å². The highest BCUT2D eigenvalue weighted by atomic mass is 15.2. The van der Waals surface area contributed by atoms with Crippen molar-refractivity contribution in [2.45, 2.75) is 18.9 Å². The van der Waals surface area contributed by atoms with Gasteiger partial charge in [-0.2, -0.15) is 0 Å². The molecule has 2 aliphatic rings. The molecule has 1 aliphatic carbocycles. The number of rotatable bonds is 2. The lowest BCUT2D eigenvalue weighted by Gasteiger charge is -2.35. The van der Waals surface area contributed by atoms with Gasteiger partial charge in [0.2, 0.25) is 0 Å². The first-order valence-electron chi connectivity index (χ1n) is 7.23. The van der Waals surface area contributed by atoms with Gasteiger partial charge in [-0.3, -0.25) is 4.98 Å². The lowest BCUT2D eigenvalue weighted by atomic mass is 10.1. The smallest absolute Gasteiger partial charge is 0.0703 e. The van der Waals surface area contributed by atoms with E-state index in [2.05, 4.69) is 39.5 Å². The van der Waals surface area contributed by atoms with Crippen LogP contribution in [0.5, 0.6) is 0 Å². The second-order valence-electron chi connectivity index (χ2n) is 5.72. The van der Waals surface area contributed by atoms with Crippen molar-refractivity contribution >= 4 is 16.6 Å². The van der Waals surface area contributed by atoms with Crippen LogP contribution >= 0.6 is 0 Å². The molecule has 1 saturated carbocycles. The van der Waals surface area contributed by atoms with Crippen LogP contribution in [0.3, 0.4) is 0 Å². The third-order valence-corrected chi connectivity index (χ3v) is 4.35. The third kappa shape index (κ3) is 2.19. The monoisotopic (exact) mass is 253 g/mol. The van der Waals surface area contributed by atoms with Crippen LogP contribution in [0.1, 0.15) is 12.8 Å². The van der Waals surface area contributed by atoms with Gasteiger partial charge < -0.3 is 10.2 Å². The molecule has 2 heterocycles. The van der Waals surface area contributed by atoms with E-state index in [1.54, 1.807) is 0 Å². The average Bonchev–Trinajstić information content (AvgIpc) is 3.32. The van der Waals surface area contributed by atoms with E-state index in [4.69, 9.17) is 0 Å². The molecule has 3 nitrogen and oxygen atoms in total. The van der Waals surface area contributed by atoms with Gasteiger partial charge in [0.05, 0.1) is 5.52 Å². The minimum absolute atomic E-state index is 0.693. The Hall–Kier alpha value is -1.61. The van der Waals surface area contributed by atoms with E-state index >= 15 is 0 Å². The van der Waals surface area contributed by atoms with Gasteiger partial charge >= 0.3 is 0 Å². The van der Waals surface area contributed by atoms with Crippen molar-refractivity contribution in [3.63, 3.8) is 0 Å². The number of fused-ring (bicyclic) bond motifs is 1. The van der Waals surface area contributed by atoms with Gasteiger partial charge in [-0.15, -0.1) is 0 Å². The van der Waals surface area contributed by atoms with Crippen molar-refractivity contribution in [3.05, 3.63) is 36.5 Å². The van der Waals surface area contributed by atoms with Crippen LogP contribution in [-0.2, 0) is 0 Å². The second-order valence-corrected chi connectivity index (χ2v) is 5.72. The topological polar surface area (TPSA) is 28.2 Å². The highest BCUT2D eigenvalue weighted by Gasteiger charge is 2.33. The van der Waals surface area contributed by atoms with Crippen molar-refractivity contribution in [2.75, 3.05) is 24.5 Å². The summed E-state index contributed by atoms with van der Waals surface area (Å²) in [7, 11) is 0. The Bertz CT molecular complexity index is 591. The molecule has 1 aliphatic heterocycles. The van der Waals surface area contributed by atoms with Crippen molar-refractivity contribution in [1.29, 1.82) is 0 Å². The molecule has 98 valence electrons. The SMILES string of the molecule is c1cnc2ccc(N3CCNC(C4CC4)C3)cc2c1. The Kier molecular flexibility index (Phi) is 2.66. The predicted molar refractivity (Wildman–Crippen MR) is 78.5 cm³/mol. The lowest BCUT2D eigenvalue weighted by Crippen LogP contribution is -2.51. The van der Waals surface area contributed by atoms with E-state index in [9.17, 15) is 0 Å². The lowest BCUT2D eigenvalue weighted by molar-refractivity contribution is 0.419. The molecule has 3 heteroatoms. The predicted octanol–water partition coefficient (Wildman–Crippen LogP) is 2.42. The first-order chi connectivity index (χ1) is 9.40. The van der Waals surface area contributed by atoms with Gasteiger partial charge in [-0.25, -0.2) is 0 Å². The van der Waals surface area contributed by atoms with Crippen molar-refractivity contribution < 1.29 is 0 Å². The van der Waals surface area contributed by atoms with E-state index in [-0.39, 0.29) is 0 Å². The molecule has 1 N–H and O–H groups in total. The van der Waals surface area contributed by atoms with E-state index in [0.717, 1.165) is 31.1 Å². The summed E-state index contributed by atoms with van der Waals surface area (Å²) in [6, 6.07) is 11.5. The highest BCUT2D eigenvalue weighted by Crippen LogP contribution is 2.34. The molecular weight excluding hydrogens is 234 g/mol. The normalized spacial score (nSPS) is 23.8. The summed E-state index contributed by atoms with van der Waals surface area (Å²) < 4.78 is 0. The number of benzene rings is 1. The summed E-state index contributed by atoms with van der Waals surface area (Å²) in [6.45, 7) is 3.36. The molecule has 0 amide bonds. The molecule has 2 fully saturated rings.